The number of rotatable bonds is 2. The Labute approximate surface area is 91.4 Å². The summed E-state index contributed by atoms with van der Waals surface area (Å²) in [6, 6.07) is 1.97. The molecular formula is C11H9F2NO2. The molecule has 0 spiro atoms. The highest BCUT2D eigenvalue weighted by molar-refractivity contribution is 5.72. The molecule has 3 nitrogen and oxygen atoms in total. The first-order chi connectivity index (χ1) is 7.61. The predicted octanol–water partition coefficient (Wildman–Crippen LogP) is 1.66. The Morgan fingerprint density at radius 3 is 2.62 bits per heavy atom. The van der Waals surface area contributed by atoms with Crippen LogP contribution in [0.4, 0.5) is 8.78 Å². The molecule has 0 atom stereocenters. The van der Waals surface area contributed by atoms with Gasteiger partial charge >= 0.3 is 5.97 Å². The van der Waals surface area contributed by atoms with Crippen LogP contribution in [-0.2, 0) is 9.53 Å². The van der Waals surface area contributed by atoms with Crippen molar-refractivity contribution in [3.8, 4) is 11.8 Å². The number of carbonyl (C=O) groups is 1. The summed E-state index contributed by atoms with van der Waals surface area (Å²) in [4.78, 5) is 13.8. The topological polar surface area (TPSA) is 39.2 Å². The third kappa shape index (κ3) is 4.05. The van der Waals surface area contributed by atoms with Gasteiger partial charge in [-0.2, -0.15) is 13.8 Å². The molecule has 0 aromatic carbocycles. The molecule has 0 radical (unpaired) electrons. The number of hydrogen-bond donors (Lipinski definition) is 0. The van der Waals surface area contributed by atoms with E-state index in [9.17, 15) is 13.6 Å². The zero-order chi connectivity index (χ0) is 12.0. The van der Waals surface area contributed by atoms with E-state index in [2.05, 4.69) is 21.6 Å². The van der Waals surface area contributed by atoms with Crippen LogP contribution in [-0.4, -0.2) is 17.6 Å². The van der Waals surface area contributed by atoms with Gasteiger partial charge in [-0.3, -0.25) is 4.79 Å². The maximum absolute atomic E-state index is 12.6. The molecule has 0 amide bonds. The number of pyridine rings is 1. The number of nitrogens with zero attached hydrogens (tertiary/aromatic N) is 1. The van der Waals surface area contributed by atoms with Gasteiger partial charge < -0.3 is 4.74 Å². The Morgan fingerprint density at radius 2 is 2.06 bits per heavy atom. The average molecular weight is 225 g/mol. The summed E-state index contributed by atoms with van der Waals surface area (Å²) in [5.74, 6) is 2.54. The number of halogens is 2. The number of aromatic nitrogens is 1. The summed E-state index contributed by atoms with van der Waals surface area (Å²) in [6.45, 7) is 1.96. The molecule has 1 rings (SSSR count). The fourth-order valence-corrected chi connectivity index (χ4v) is 0.967. The minimum Gasteiger partial charge on any atom is -0.465 e. The maximum Gasteiger partial charge on any atom is 0.317 e. The fraction of sp³-hybridized carbons (Fsp3) is 0.273. The Kier molecular flexibility index (Phi) is 4.40. The Bertz CT molecular complexity index is 429. The zero-order valence-corrected chi connectivity index (χ0v) is 8.59. The van der Waals surface area contributed by atoms with E-state index in [1.54, 1.807) is 6.92 Å². The van der Waals surface area contributed by atoms with E-state index in [0.29, 0.717) is 0 Å². The van der Waals surface area contributed by atoms with Crippen molar-refractivity contribution in [1.82, 2.24) is 4.98 Å². The van der Waals surface area contributed by atoms with Gasteiger partial charge in [-0.1, -0.05) is 11.8 Å². The van der Waals surface area contributed by atoms with Gasteiger partial charge in [0.25, 0.3) is 0 Å². The maximum atomic E-state index is 12.6. The summed E-state index contributed by atoms with van der Waals surface area (Å²) in [7, 11) is 0. The summed E-state index contributed by atoms with van der Waals surface area (Å²) >= 11 is 0. The third-order valence-electron chi connectivity index (χ3n) is 1.53. The van der Waals surface area contributed by atoms with Crippen LogP contribution in [0.1, 0.15) is 18.9 Å². The Hall–Kier alpha value is -1.96. The molecule has 0 unspecified atom stereocenters. The molecule has 16 heavy (non-hydrogen) atoms. The first-order valence-corrected chi connectivity index (χ1v) is 4.59. The van der Waals surface area contributed by atoms with Crippen LogP contribution in [0.3, 0.4) is 0 Å². The molecule has 0 aliphatic rings. The second-order valence-electron chi connectivity index (χ2n) is 2.78. The molecule has 0 N–H and O–H groups in total. The fourth-order valence-electron chi connectivity index (χ4n) is 0.967. The summed E-state index contributed by atoms with van der Waals surface area (Å²) in [5.41, 5.74) is 0.134. The molecule has 1 aromatic heterocycles. The molecule has 1 aromatic rings. The summed E-state index contributed by atoms with van der Waals surface area (Å²) in [5, 5.41) is 0. The van der Waals surface area contributed by atoms with Gasteiger partial charge in [0.1, 0.15) is 6.42 Å². The van der Waals surface area contributed by atoms with Crippen LogP contribution in [0.25, 0.3) is 0 Å². The number of hydrogen-bond acceptors (Lipinski definition) is 3. The minimum atomic E-state index is -0.944. The smallest absolute Gasteiger partial charge is 0.317 e. The van der Waals surface area contributed by atoms with Gasteiger partial charge in [0, 0.05) is 17.7 Å². The van der Waals surface area contributed by atoms with Crippen LogP contribution in [0.2, 0.25) is 0 Å². The lowest BCUT2D eigenvalue weighted by Gasteiger charge is -1.95. The van der Waals surface area contributed by atoms with Gasteiger partial charge in [-0.05, 0) is 6.92 Å². The molecular weight excluding hydrogens is 216 g/mol. The monoisotopic (exact) mass is 225 g/mol. The summed E-state index contributed by atoms with van der Waals surface area (Å²) < 4.78 is 29.9. The van der Waals surface area contributed by atoms with Crippen LogP contribution in [0, 0.1) is 23.7 Å². The van der Waals surface area contributed by atoms with Crippen molar-refractivity contribution >= 4 is 5.97 Å². The minimum absolute atomic E-state index is 0.112. The average Bonchev–Trinajstić information content (AvgIpc) is 2.16. The van der Waals surface area contributed by atoms with Crippen LogP contribution < -0.4 is 0 Å². The SMILES string of the molecule is CCOC(=O)CC#Cc1cc(F)nc(F)c1. The molecule has 0 fully saturated rings. The van der Waals surface area contributed by atoms with E-state index < -0.39 is 17.9 Å². The Morgan fingerprint density at radius 1 is 1.44 bits per heavy atom. The number of ether oxygens (including phenoxy) is 1. The highest BCUT2D eigenvalue weighted by Gasteiger charge is 2.00. The summed E-state index contributed by atoms with van der Waals surface area (Å²) in [6.07, 6.45) is -0.112. The second kappa shape index (κ2) is 5.81. The Balaban J connectivity index is 2.66. The van der Waals surface area contributed by atoms with Crippen molar-refractivity contribution in [2.24, 2.45) is 0 Å². The molecule has 0 aliphatic carbocycles. The van der Waals surface area contributed by atoms with Gasteiger partial charge in [-0.25, -0.2) is 0 Å². The second-order valence-corrected chi connectivity index (χ2v) is 2.78. The zero-order valence-electron chi connectivity index (χ0n) is 8.59. The first-order valence-electron chi connectivity index (χ1n) is 4.59. The number of esters is 1. The number of carbonyl (C=O) groups excluding carboxylic acids is 1. The molecule has 5 heteroatoms. The molecule has 0 saturated heterocycles. The standard InChI is InChI=1S/C11H9F2NO2/c1-2-16-11(15)5-3-4-8-6-9(12)14-10(13)7-8/h6-7H,2,5H2,1H3. The lowest BCUT2D eigenvalue weighted by atomic mass is 10.2. The third-order valence-corrected chi connectivity index (χ3v) is 1.53. The van der Waals surface area contributed by atoms with E-state index in [1.165, 1.54) is 0 Å². The van der Waals surface area contributed by atoms with E-state index in [1.807, 2.05) is 0 Å². The first kappa shape index (κ1) is 12.1. The van der Waals surface area contributed by atoms with Gasteiger partial charge in [0.05, 0.1) is 6.61 Å². The van der Waals surface area contributed by atoms with Crippen molar-refractivity contribution in [1.29, 1.82) is 0 Å². The van der Waals surface area contributed by atoms with Crippen molar-refractivity contribution in [3.05, 3.63) is 29.6 Å². The normalized spacial score (nSPS) is 9.19. The van der Waals surface area contributed by atoms with Crippen LogP contribution in [0.15, 0.2) is 12.1 Å². The molecule has 0 bridgehead atoms. The molecule has 0 aliphatic heterocycles. The van der Waals surface area contributed by atoms with E-state index in [4.69, 9.17) is 0 Å². The van der Waals surface area contributed by atoms with E-state index in [0.717, 1.165) is 12.1 Å². The lowest BCUT2D eigenvalue weighted by Crippen LogP contribution is -2.01. The molecule has 1 heterocycles. The molecule has 0 saturated carbocycles. The van der Waals surface area contributed by atoms with Crippen LogP contribution in [0.5, 0.6) is 0 Å². The van der Waals surface area contributed by atoms with Crippen molar-refractivity contribution in [2.75, 3.05) is 6.61 Å². The van der Waals surface area contributed by atoms with Gasteiger partial charge in [-0.15, -0.1) is 0 Å². The van der Waals surface area contributed by atoms with Gasteiger partial charge in [0.15, 0.2) is 0 Å². The van der Waals surface area contributed by atoms with Crippen LogP contribution >= 0.6 is 0 Å². The quantitative estimate of drug-likeness (QED) is 0.436. The predicted molar refractivity (Wildman–Crippen MR) is 52.3 cm³/mol. The largest absolute Gasteiger partial charge is 0.465 e. The highest BCUT2D eigenvalue weighted by Crippen LogP contribution is 2.02. The van der Waals surface area contributed by atoms with Crippen molar-refractivity contribution in [2.45, 2.75) is 13.3 Å². The lowest BCUT2D eigenvalue weighted by molar-refractivity contribution is -0.141. The van der Waals surface area contributed by atoms with Crippen molar-refractivity contribution < 1.29 is 18.3 Å². The highest BCUT2D eigenvalue weighted by atomic mass is 19.1. The van der Waals surface area contributed by atoms with E-state index >= 15 is 0 Å². The van der Waals surface area contributed by atoms with Crippen molar-refractivity contribution in [3.63, 3.8) is 0 Å². The van der Waals surface area contributed by atoms with E-state index in [-0.39, 0.29) is 18.6 Å². The molecule has 84 valence electrons. The van der Waals surface area contributed by atoms with Gasteiger partial charge in [0.2, 0.25) is 11.9 Å².